The molecule has 0 aliphatic carbocycles. The molecule has 0 atom stereocenters. The average Bonchev–Trinajstić information content (AvgIpc) is 2.69. The minimum Gasteiger partial charge on any atom is -0.265 e. The van der Waals surface area contributed by atoms with Crippen molar-refractivity contribution in [3.8, 4) is 0 Å². The van der Waals surface area contributed by atoms with Crippen molar-refractivity contribution in [1.29, 1.82) is 0 Å². The van der Waals surface area contributed by atoms with E-state index in [0.717, 1.165) is 33.2 Å². The zero-order chi connectivity index (χ0) is 15.7. The summed E-state index contributed by atoms with van der Waals surface area (Å²) in [5, 5.41) is 0. The molecule has 0 spiro atoms. The van der Waals surface area contributed by atoms with Gasteiger partial charge >= 0.3 is 0 Å². The van der Waals surface area contributed by atoms with Crippen LogP contribution in [0.2, 0.25) is 0 Å². The Labute approximate surface area is 132 Å². The molecule has 2 aromatic carbocycles. The molecule has 0 unspecified atom stereocenters. The van der Waals surface area contributed by atoms with Crippen LogP contribution in [0.1, 0.15) is 6.42 Å². The number of halogens is 2. The van der Waals surface area contributed by atoms with E-state index in [-0.39, 0.29) is 6.54 Å². The molecule has 0 saturated carbocycles. The molecule has 116 valence electrons. The van der Waals surface area contributed by atoms with Crippen molar-refractivity contribution in [2.75, 3.05) is 16.6 Å². The Balaban J connectivity index is 2.18. The van der Waals surface area contributed by atoms with Crippen LogP contribution in [0.15, 0.2) is 52.3 Å². The van der Waals surface area contributed by atoms with Gasteiger partial charge in [0.2, 0.25) is 0 Å². The number of hydrogen-bond acceptors (Lipinski definition) is 3. The monoisotopic (exact) mass is 341 g/mol. The van der Waals surface area contributed by atoms with Gasteiger partial charge in [-0.05, 0) is 36.4 Å². The van der Waals surface area contributed by atoms with Gasteiger partial charge in [0.25, 0.3) is 10.0 Å². The topological polar surface area (TPSA) is 37.4 Å². The first-order chi connectivity index (χ1) is 10.5. The maximum Gasteiger partial charge on any atom is 0.270 e. The lowest BCUT2D eigenvalue weighted by molar-refractivity contribution is 0.517. The first kappa shape index (κ1) is 15.3. The fourth-order valence-electron chi connectivity index (χ4n) is 2.38. The van der Waals surface area contributed by atoms with Gasteiger partial charge in [-0.15, -0.1) is 11.8 Å². The molecule has 22 heavy (non-hydrogen) atoms. The van der Waals surface area contributed by atoms with E-state index in [2.05, 4.69) is 0 Å². The Bertz CT molecular complexity index is 789. The molecule has 3 rings (SSSR count). The summed E-state index contributed by atoms with van der Waals surface area (Å²) in [7, 11) is -4.29. The van der Waals surface area contributed by atoms with Crippen molar-refractivity contribution in [3.63, 3.8) is 0 Å². The van der Waals surface area contributed by atoms with E-state index in [4.69, 9.17) is 0 Å². The minimum absolute atomic E-state index is 0.195. The van der Waals surface area contributed by atoms with Crippen LogP contribution >= 0.6 is 11.8 Å². The molecule has 1 aliphatic rings. The lowest BCUT2D eigenvalue weighted by Crippen LogP contribution is -2.33. The maximum absolute atomic E-state index is 13.9. The second kappa shape index (κ2) is 5.89. The Hall–Kier alpha value is -1.60. The molecule has 3 nitrogen and oxygen atoms in total. The van der Waals surface area contributed by atoms with Crippen LogP contribution < -0.4 is 4.31 Å². The molecule has 1 aliphatic heterocycles. The summed E-state index contributed by atoms with van der Waals surface area (Å²) < 4.78 is 54.5. The molecule has 1 heterocycles. The number of benzene rings is 2. The highest BCUT2D eigenvalue weighted by Gasteiger charge is 2.32. The van der Waals surface area contributed by atoms with Crippen LogP contribution in [0.25, 0.3) is 0 Å². The number of anilines is 1. The second-order valence-electron chi connectivity index (χ2n) is 4.80. The van der Waals surface area contributed by atoms with Crippen LogP contribution in [0.4, 0.5) is 14.5 Å². The largest absolute Gasteiger partial charge is 0.270 e. The van der Waals surface area contributed by atoms with Crippen LogP contribution in [0, 0.1) is 11.6 Å². The molecule has 0 bridgehead atoms. The second-order valence-corrected chi connectivity index (χ2v) is 7.73. The van der Waals surface area contributed by atoms with Gasteiger partial charge in [-0.1, -0.05) is 18.2 Å². The van der Waals surface area contributed by atoms with E-state index in [1.807, 2.05) is 12.1 Å². The number of hydrogen-bond donors (Lipinski definition) is 0. The van der Waals surface area contributed by atoms with Gasteiger partial charge < -0.3 is 0 Å². The van der Waals surface area contributed by atoms with Crippen molar-refractivity contribution >= 4 is 27.5 Å². The third-order valence-electron chi connectivity index (χ3n) is 3.36. The zero-order valence-corrected chi connectivity index (χ0v) is 13.1. The summed E-state index contributed by atoms with van der Waals surface area (Å²) in [4.78, 5) is -0.1000. The smallest absolute Gasteiger partial charge is 0.265 e. The Morgan fingerprint density at radius 3 is 2.41 bits per heavy atom. The Morgan fingerprint density at radius 1 is 1.00 bits per heavy atom. The Morgan fingerprint density at radius 2 is 1.68 bits per heavy atom. The molecule has 2 aromatic rings. The summed E-state index contributed by atoms with van der Waals surface area (Å²) in [5.41, 5.74) is 0.465. The van der Waals surface area contributed by atoms with Crippen molar-refractivity contribution in [2.45, 2.75) is 16.2 Å². The molecule has 0 aromatic heterocycles. The number of rotatable bonds is 2. The predicted octanol–water partition coefficient (Wildman–Crippen LogP) is 3.66. The summed E-state index contributed by atoms with van der Waals surface area (Å²) in [6.45, 7) is 0.195. The maximum atomic E-state index is 13.9. The molecule has 0 saturated heterocycles. The van der Waals surface area contributed by atoms with Gasteiger partial charge in [0.1, 0.15) is 11.6 Å². The number of nitrogens with zero attached hydrogens (tertiary/aromatic N) is 1. The zero-order valence-electron chi connectivity index (χ0n) is 11.5. The lowest BCUT2D eigenvalue weighted by atomic mass is 10.3. The van der Waals surface area contributed by atoms with Gasteiger partial charge in [-0.25, -0.2) is 17.2 Å². The molecular formula is C15H13F2NO2S2. The van der Waals surface area contributed by atoms with E-state index >= 15 is 0 Å². The molecule has 7 heteroatoms. The molecule has 0 N–H and O–H groups in total. The quantitative estimate of drug-likeness (QED) is 0.837. The molecule has 0 amide bonds. The fraction of sp³-hybridized carbons (Fsp3) is 0.200. The predicted molar refractivity (Wildman–Crippen MR) is 82.7 cm³/mol. The molecular weight excluding hydrogens is 328 g/mol. The molecule has 0 fully saturated rings. The summed E-state index contributed by atoms with van der Waals surface area (Å²) in [6.07, 6.45) is 0.606. The van der Waals surface area contributed by atoms with Crippen LogP contribution in [0.3, 0.4) is 0 Å². The van der Waals surface area contributed by atoms with Gasteiger partial charge in [-0.3, -0.25) is 4.31 Å². The highest BCUT2D eigenvalue weighted by atomic mass is 32.2. The molecule has 0 radical (unpaired) electrons. The third-order valence-corrected chi connectivity index (χ3v) is 6.38. The summed E-state index contributed by atoms with van der Waals surface area (Å²) in [6, 6.07) is 10.0. The normalized spacial score (nSPS) is 15.3. The van der Waals surface area contributed by atoms with Crippen molar-refractivity contribution < 1.29 is 17.2 Å². The lowest BCUT2D eigenvalue weighted by Gasteiger charge is -2.24. The van der Waals surface area contributed by atoms with Gasteiger partial charge in [0.05, 0.1) is 5.69 Å². The Kier molecular flexibility index (Phi) is 4.10. The first-order valence-electron chi connectivity index (χ1n) is 6.70. The van der Waals surface area contributed by atoms with E-state index in [1.54, 1.807) is 12.1 Å². The number of sulfonamides is 1. The standard InChI is InChI=1S/C15H13F2NO2S2/c16-11-5-3-6-12(17)15(11)22(19,20)18-9-4-10-21-14-8-2-1-7-13(14)18/h1-3,5-8H,4,9-10H2. The van der Waals surface area contributed by atoms with Crippen LogP contribution in [-0.4, -0.2) is 20.7 Å². The average molecular weight is 341 g/mol. The SMILES string of the molecule is O=S(=O)(c1c(F)cccc1F)N1CCCSc2ccccc21. The van der Waals surface area contributed by atoms with E-state index in [9.17, 15) is 17.2 Å². The van der Waals surface area contributed by atoms with E-state index in [1.165, 1.54) is 11.8 Å². The van der Waals surface area contributed by atoms with Crippen LogP contribution in [-0.2, 0) is 10.0 Å². The summed E-state index contributed by atoms with van der Waals surface area (Å²) >= 11 is 1.54. The number of thioether (sulfide) groups is 1. The van der Waals surface area contributed by atoms with Crippen molar-refractivity contribution in [1.82, 2.24) is 0 Å². The van der Waals surface area contributed by atoms with Crippen molar-refractivity contribution in [3.05, 3.63) is 54.1 Å². The van der Waals surface area contributed by atoms with E-state index in [0.29, 0.717) is 12.1 Å². The highest BCUT2D eigenvalue weighted by Crippen LogP contribution is 2.37. The third kappa shape index (κ3) is 2.59. The minimum atomic E-state index is -4.29. The van der Waals surface area contributed by atoms with Crippen LogP contribution in [0.5, 0.6) is 0 Å². The van der Waals surface area contributed by atoms with Gasteiger partial charge in [0.15, 0.2) is 4.90 Å². The number of para-hydroxylation sites is 1. The van der Waals surface area contributed by atoms with Gasteiger partial charge in [-0.2, -0.15) is 0 Å². The van der Waals surface area contributed by atoms with Crippen molar-refractivity contribution in [2.24, 2.45) is 0 Å². The first-order valence-corrected chi connectivity index (χ1v) is 9.13. The summed E-state index contributed by atoms with van der Waals surface area (Å²) in [5.74, 6) is -1.40. The van der Waals surface area contributed by atoms with Gasteiger partial charge in [0, 0.05) is 11.4 Å². The fourth-order valence-corrected chi connectivity index (χ4v) is 5.07. The highest BCUT2D eigenvalue weighted by molar-refractivity contribution is 7.99. The number of fused-ring (bicyclic) bond motifs is 1. The van der Waals surface area contributed by atoms with E-state index < -0.39 is 26.6 Å².